The first kappa shape index (κ1) is 24.3. The number of rotatable bonds is 7. The van der Waals surface area contributed by atoms with Crippen molar-refractivity contribution >= 4 is 23.9 Å². The van der Waals surface area contributed by atoms with Gasteiger partial charge in [0.2, 0.25) is 0 Å². The molecule has 1 saturated heterocycles. The zero-order valence-electron chi connectivity index (χ0n) is 18.3. The molecule has 2 rings (SSSR count). The van der Waals surface area contributed by atoms with Gasteiger partial charge in [0.05, 0.1) is 12.7 Å². The highest BCUT2D eigenvalue weighted by atomic mass is 16.6. The van der Waals surface area contributed by atoms with Gasteiger partial charge >= 0.3 is 23.9 Å². The van der Waals surface area contributed by atoms with Crippen molar-refractivity contribution in [1.29, 1.82) is 0 Å². The van der Waals surface area contributed by atoms with E-state index < -0.39 is 53.9 Å². The van der Waals surface area contributed by atoms with Gasteiger partial charge < -0.3 is 23.7 Å². The highest BCUT2D eigenvalue weighted by molar-refractivity contribution is 5.87. The maximum absolute atomic E-state index is 12.2. The molecule has 0 unspecified atom stereocenters. The SMILES string of the molecule is CC(=O)OC[C@H]1O[C@@H](Cn2cc(C(=O)OC(C)(C)C)nn2)[C@@H](OC(C)=O)[C@@H]1OC(C)=O. The number of hydrogen-bond donors (Lipinski definition) is 0. The lowest BCUT2D eigenvalue weighted by Crippen LogP contribution is -2.42. The molecule has 0 radical (unpaired) electrons. The van der Waals surface area contributed by atoms with Gasteiger partial charge in [-0.05, 0) is 20.8 Å². The van der Waals surface area contributed by atoms with E-state index in [0.717, 1.165) is 0 Å². The maximum atomic E-state index is 12.2. The number of nitrogens with zero attached hydrogens (tertiary/aromatic N) is 3. The summed E-state index contributed by atoms with van der Waals surface area (Å²) in [5, 5.41) is 7.68. The fourth-order valence-electron chi connectivity index (χ4n) is 2.95. The number of esters is 4. The van der Waals surface area contributed by atoms with Crippen molar-refractivity contribution in [3.8, 4) is 0 Å². The van der Waals surface area contributed by atoms with E-state index in [1.807, 2.05) is 0 Å². The van der Waals surface area contributed by atoms with Crippen molar-refractivity contribution in [3.05, 3.63) is 11.9 Å². The molecule has 1 aliphatic rings. The van der Waals surface area contributed by atoms with E-state index in [9.17, 15) is 19.2 Å². The van der Waals surface area contributed by atoms with Crippen molar-refractivity contribution in [2.45, 2.75) is 78.1 Å². The molecule has 12 nitrogen and oxygen atoms in total. The van der Waals surface area contributed by atoms with Crippen LogP contribution in [0.3, 0.4) is 0 Å². The van der Waals surface area contributed by atoms with Crippen LogP contribution in [-0.2, 0) is 44.6 Å². The topological polar surface area (TPSA) is 145 Å². The summed E-state index contributed by atoms with van der Waals surface area (Å²) in [6, 6.07) is 0. The smallest absolute Gasteiger partial charge is 0.361 e. The molecule has 12 heteroatoms. The molecule has 1 aromatic rings. The predicted octanol–water partition coefficient (Wildman–Crippen LogP) is 0.427. The van der Waals surface area contributed by atoms with Crippen LogP contribution in [-0.4, -0.2) is 75.5 Å². The molecule has 0 bridgehead atoms. The molecule has 0 N–H and O–H groups in total. The molecule has 0 amide bonds. The second kappa shape index (κ2) is 9.86. The maximum Gasteiger partial charge on any atom is 0.361 e. The molecule has 1 fully saturated rings. The summed E-state index contributed by atoms with van der Waals surface area (Å²) in [7, 11) is 0. The van der Waals surface area contributed by atoms with Crippen LogP contribution >= 0.6 is 0 Å². The highest BCUT2D eigenvalue weighted by Crippen LogP contribution is 2.28. The van der Waals surface area contributed by atoms with Crippen LogP contribution < -0.4 is 0 Å². The molecule has 4 atom stereocenters. The number of aromatic nitrogens is 3. The average molecular weight is 441 g/mol. The van der Waals surface area contributed by atoms with Crippen LogP contribution in [0.2, 0.25) is 0 Å². The standard InChI is InChI=1S/C19H27N3O9/c1-10(23)27-9-15-17(29-12(3)25)16(28-11(2)24)14(30-15)8-22-7-13(20-21-22)18(26)31-19(4,5)6/h7,14-17H,8-9H2,1-6H3/t14-,15+,16+,17+/m0/s1. The molecule has 31 heavy (non-hydrogen) atoms. The van der Waals surface area contributed by atoms with Crippen LogP contribution in [0, 0.1) is 0 Å². The quantitative estimate of drug-likeness (QED) is 0.429. The Morgan fingerprint density at radius 1 is 1.00 bits per heavy atom. The Morgan fingerprint density at radius 2 is 1.58 bits per heavy atom. The normalized spacial score (nSPS) is 23.2. The Morgan fingerprint density at radius 3 is 2.10 bits per heavy atom. The molecule has 172 valence electrons. The van der Waals surface area contributed by atoms with E-state index in [4.69, 9.17) is 23.7 Å². The number of carbonyl (C=O) groups excluding carboxylic acids is 4. The lowest BCUT2D eigenvalue weighted by atomic mass is 10.1. The second-order valence-corrected chi connectivity index (χ2v) is 7.99. The molecule has 0 aromatic carbocycles. The molecular weight excluding hydrogens is 414 g/mol. The first-order valence-corrected chi connectivity index (χ1v) is 9.62. The largest absolute Gasteiger partial charge is 0.463 e. The van der Waals surface area contributed by atoms with Crippen LogP contribution in [0.15, 0.2) is 6.20 Å². The summed E-state index contributed by atoms with van der Waals surface area (Å²) in [6.45, 7) is 8.62. The molecule has 0 aliphatic carbocycles. The van der Waals surface area contributed by atoms with E-state index in [1.54, 1.807) is 20.8 Å². The predicted molar refractivity (Wildman–Crippen MR) is 102 cm³/mol. The van der Waals surface area contributed by atoms with Gasteiger partial charge in [-0.15, -0.1) is 5.10 Å². The fraction of sp³-hybridized carbons (Fsp3) is 0.684. The molecule has 0 spiro atoms. The Labute approximate surface area is 179 Å². The van der Waals surface area contributed by atoms with E-state index >= 15 is 0 Å². The number of carbonyl (C=O) groups is 4. The van der Waals surface area contributed by atoms with Crippen molar-refractivity contribution in [3.63, 3.8) is 0 Å². The molecule has 1 aromatic heterocycles. The monoisotopic (exact) mass is 441 g/mol. The van der Waals surface area contributed by atoms with Gasteiger partial charge in [-0.1, -0.05) is 5.21 Å². The third-order valence-electron chi connectivity index (χ3n) is 3.97. The van der Waals surface area contributed by atoms with Crippen molar-refractivity contribution in [2.24, 2.45) is 0 Å². The van der Waals surface area contributed by atoms with Gasteiger partial charge in [-0.2, -0.15) is 0 Å². The summed E-state index contributed by atoms with van der Waals surface area (Å²) >= 11 is 0. The summed E-state index contributed by atoms with van der Waals surface area (Å²) in [6.07, 6.45) is -2.31. The van der Waals surface area contributed by atoms with Crippen LogP contribution in [0.1, 0.15) is 52.0 Å². The van der Waals surface area contributed by atoms with E-state index in [0.29, 0.717) is 0 Å². The summed E-state index contributed by atoms with van der Waals surface area (Å²) in [5.74, 6) is -2.42. The highest BCUT2D eigenvalue weighted by Gasteiger charge is 2.49. The Balaban J connectivity index is 2.20. The van der Waals surface area contributed by atoms with Gasteiger partial charge in [-0.25, -0.2) is 9.48 Å². The number of ether oxygens (including phenoxy) is 5. The van der Waals surface area contributed by atoms with Gasteiger partial charge in [0, 0.05) is 20.8 Å². The summed E-state index contributed by atoms with van der Waals surface area (Å²) in [5.41, 5.74) is -0.707. The van der Waals surface area contributed by atoms with Gasteiger partial charge in [0.15, 0.2) is 17.9 Å². The first-order chi connectivity index (χ1) is 14.4. The van der Waals surface area contributed by atoms with E-state index in [2.05, 4.69) is 10.3 Å². The van der Waals surface area contributed by atoms with E-state index in [1.165, 1.54) is 31.6 Å². The zero-order chi connectivity index (χ0) is 23.3. The van der Waals surface area contributed by atoms with Gasteiger partial charge in [-0.3, -0.25) is 14.4 Å². The van der Waals surface area contributed by atoms with Crippen LogP contribution in [0.25, 0.3) is 0 Å². The summed E-state index contributed by atoms with van der Waals surface area (Å²) < 4.78 is 28.0. The molecule has 2 heterocycles. The minimum absolute atomic E-state index is 0.00930. The first-order valence-electron chi connectivity index (χ1n) is 9.62. The third-order valence-corrected chi connectivity index (χ3v) is 3.97. The molecule has 1 aliphatic heterocycles. The lowest BCUT2D eigenvalue weighted by Gasteiger charge is -2.23. The third kappa shape index (κ3) is 7.31. The van der Waals surface area contributed by atoms with Crippen molar-refractivity contribution in [2.75, 3.05) is 6.61 Å². The second-order valence-electron chi connectivity index (χ2n) is 7.99. The van der Waals surface area contributed by atoms with Crippen LogP contribution in [0.4, 0.5) is 0 Å². The van der Waals surface area contributed by atoms with Gasteiger partial charge in [0.1, 0.15) is 24.4 Å². The lowest BCUT2D eigenvalue weighted by molar-refractivity contribution is -0.165. The number of hydrogen-bond acceptors (Lipinski definition) is 11. The Kier molecular flexibility index (Phi) is 7.71. The minimum Gasteiger partial charge on any atom is -0.463 e. The van der Waals surface area contributed by atoms with Crippen molar-refractivity contribution in [1.82, 2.24) is 15.0 Å². The van der Waals surface area contributed by atoms with Crippen molar-refractivity contribution < 1.29 is 42.9 Å². The molecule has 0 saturated carbocycles. The minimum atomic E-state index is -1.00. The van der Waals surface area contributed by atoms with Crippen LogP contribution in [0.5, 0.6) is 0 Å². The fourth-order valence-corrected chi connectivity index (χ4v) is 2.95. The Bertz CT molecular complexity index is 830. The Hall–Kier alpha value is -3.02. The van der Waals surface area contributed by atoms with Gasteiger partial charge in [0.25, 0.3) is 0 Å². The zero-order valence-corrected chi connectivity index (χ0v) is 18.3. The summed E-state index contributed by atoms with van der Waals surface area (Å²) in [4.78, 5) is 46.5. The molecular formula is C19H27N3O9. The average Bonchev–Trinajstić information content (AvgIpc) is 3.18. The van der Waals surface area contributed by atoms with E-state index in [-0.39, 0.29) is 18.8 Å².